The standard InChI is InChI=1S/C16H21N3O4S2/c1-3-4-5-8-24-14-12(15(20)21)13(25-19-14)18-16(22)17-9-11-7-6-10(2)23-11/h6-7H,3-5,8-9H2,1-2H3,(H,20,21)(H2,17,18,22). The molecule has 0 radical (unpaired) electrons. The smallest absolute Gasteiger partial charge is 0.341 e. The van der Waals surface area contributed by atoms with Gasteiger partial charge in [-0.25, -0.2) is 9.59 Å². The quantitative estimate of drug-likeness (QED) is 0.439. The highest BCUT2D eigenvalue weighted by atomic mass is 32.2. The number of carbonyl (C=O) groups excluding carboxylic acids is 1. The van der Waals surface area contributed by atoms with Crippen LogP contribution in [0.2, 0.25) is 0 Å². The van der Waals surface area contributed by atoms with Crippen LogP contribution in [0.5, 0.6) is 0 Å². The number of aromatic carboxylic acids is 1. The number of carbonyl (C=O) groups is 2. The molecule has 3 N–H and O–H groups in total. The van der Waals surface area contributed by atoms with Crippen molar-refractivity contribution in [2.45, 2.75) is 44.7 Å². The summed E-state index contributed by atoms with van der Waals surface area (Å²) < 4.78 is 9.54. The van der Waals surface area contributed by atoms with Crippen molar-refractivity contribution in [3.05, 3.63) is 29.2 Å². The minimum Gasteiger partial charge on any atom is -0.477 e. The number of aromatic nitrogens is 1. The molecule has 0 atom stereocenters. The molecule has 0 aromatic carbocycles. The van der Waals surface area contributed by atoms with Gasteiger partial charge in [0.25, 0.3) is 0 Å². The highest BCUT2D eigenvalue weighted by Crippen LogP contribution is 2.32. The molecule has 0 saturated heterocycles. The Morgan fingerprint density at radius 3 is 2.80 bits per heavy atom. The molecule has 0 spiro atoms. The predicted octanol–water partition coefficient (Wildman–Crippen LogP) is 4.35. The molecule has 9 heteroatoms. The van der Waals surface area contributed by atoms with Crippen molar-refractivity contribution in [2.24, 2.45) is 0 Å². The zero-order valence-electron chi connectivity index (χ0n) is 14.1. The summed E-state index contributed by atoms with van der Waals surface area (Å²) in [5, 5.41) is 15.3. The molecule has 0 unspecified atom stereocenters. The number of hydrogen-bond donors (Lipinski definition) is 3. The van der Waals surface area contributed by atoms with Crippen LogP contribution in [-0.2, 0) is 6.54 Å². The lowest BCUT2D eigenvalue weighted by Crippen LogP contribution is -2.28. The van der Waals surface area contributed by atoms with Crippen molar-refractivity contribution in [3.63, 3.8) is 0 Å². The zero-order valence-corrected chi connectivity index (χ0v) is 15.8. The molecular formula is C16H21N3O4S2. The average Bonchev–Trinajstić information content (AvgIpc) is 3.16. The number of urea groups is 1. The predicted molar refractivity (Wildman–Crippen MR) is 98.6 cm³/mol. The highest BCUT2D eigenvalue weighted by Gasteiger charge is 2.22. The number of hydrogen-bond acceptors (Lipinski definition) is 6. The fraction of sp³-hybridized carbons (Fsp3) is 0.438. The maximum atomic E-state index is 12.0. The van der Waals surface area contributed by atoms with Crippen LogP contribution in [-0.4, -0.2) is 27.2 Å². The minimum atomic E-state index is -1.09. The van der Waals surface area contributed by atoms with Gasteiger partial charge in [0, 0.05) is 0 Å². The number of anilines is 1. The van der Waals surface area contributed by atoms with Gasteiger partial charge in [-0.15, -0.1) is 11.8 Å². The Kier molecular flexibility index (Phi) is 7.32. The molecule has 0 fully saturated rings. The molecule has 2 heterocycles. The van der Waals surface area contributed by atoms with Crippen molar-refractivity contribution in [3.8, 4) is 0 Å². The summed E-state index contributed by atoms with van der Waals surface area (Å²) in [6, 6.07) is 3.08. The van der Waals surface area contributed by atoms with Crippen LogP contribution in [0.15, 0.2) is 21.6 Å². The van der Waals surface area contributed by atoms with Crippen molar-refractivity contribution in [2.75, 3.05) is 11.1 Å². The lowest BCUT2D eigenvalue weighted by Gasteiger charge is -2.05. The summed E-state index contributed by atoms with van der Waals surface area (Å²) in [5.74, 6) is 1.10. The van der Waals surface area contributed by atoms with Crippen LogP contribution in [0.4, 0.5) is 9.80 Å². The summed E-state index contributed by atoms with van der Waals surface area (Å²) in [7, 11) is 0. The summed E-state index contributed by atoms with van der Waals surface area (Å²) in [6.45, 7) is 4.15. The Morgan fingerprint density at radius 1 is 1.36 bits per heavy atom. The van der Waals surface area contributed by atoms with E-state index in [9.17, 15) is 14.7 Å². The van der Waals surface area contributed by atoms with E-state index in [1.54, 1.807) is 6.07 Å². The number of thioether (sulfide) groups is 1. The first kappa shape index (κ1) is 19.3. The first-order valence-corrected chi connectivity index (χ1v) is 9.73. The molecule has 2 aromatic rings. The second-order valence-electron chi connectivity index (χ2n) is 5.37. The van der Waals surface area contributed by atoms with Gasteiger partial charge in [-0.05, 0) is 42.8 Å². The molecule has 136 valence electrons. The van der Waals surface area contributed by atoms with Crippen molar-refractivity contribution < 1.29 is 19.1 Å². The van der Waals surface area contributed by atoms with Gasteiger partial charge in [-0.1, -0.05) is 19.8 Å². The Bertz CT molecular complexity index is 727. The van der Waals surface area contributed by atoms with E-state index >= 15 is 0 Å². The normalized spacial score (nSPS) is 10.6. The number of aryl methyl sites for hydroxylation is 1. The molecule has 2 amide bonds. The monoisotopic (exact) mass is 383 g/mol. The second-order valence-corrected chi connectivity index (χ2v) is 7.23. The number of nitrogens with zero attached hydrogens (tertiary/aromatic N) is 1. The molecule has 0 aliphatic rings. The van der Waals surface area contributed by atoms with Crippen LogP contribution in [0.25, 0.3) is 0 Å². The van der Waals surface area contributed by atoms with Crippen LogP contribution in [0, 0.1) is 6.92 Å². The van der Waals surface area contributed by atoms with Crippen LogP contribution < -0.4 is 10.6 Å². The van der Waals surface area contributed by atoms with Gasteiger partial charge in [0.05, 0.1) is 6.54 Å². The number of carboxylic acid groups (broad SMARTS) is 1. The van der Waals surface area contributed by atoms with Gasteiger partial charge in [0.1, 0.15) is 27.1 Å². The number of furan rings is 1. The summed E-state index contributed by atoms with van der Waals surface area (Å²) in [6.07, 6.45) is 3.20. The van der Waals surface area contributed by atoms with Crippen LogP contribution in [0.1, 0.15) is 48.1 Å². The van der Waals surface area contributed by atoms with E-state index in [0.29, 0.717) is 10.8 Å². The fourth-order valence-electron chi connectivity index (χ4n) is 2.06. The fourth-order valence-corrected chi connectivity index (χ4v) is 4.01. The van der Waals surface area contributed by atoms with E-state index in [1.807, 2.05) is 13.0 Å². The number of rotatable bonds is 9. The van der Waals surface area contributed by atoms with Gasteiger partial charge in [-0.3, -0.25) is 5.32 Å². The minimum absolute atomic E-state index is 0.0514. The lowest BCUT2D eigenvalue weighted by molar-refractivity contribution is 0.0694. The molecule has 2 rings (SSSR count). The largest absolute Gasteiger partial charge is 0.477 e. The van der Waals surface area contributed by atoms with E-state index in [0.717, 1.165) is 42.3 Å². The molecular weight excluding hydrogens is 362 g/mol. The average molecular weight is 383 g/mol. The first-order valence-electron chi connectivity index (χ1n) is 7.97. The topological polar surface area (TPSA) is 104 Å². The number of nitrogens with one attached hydrogen (secondary N) is 2. The van der Waals surface area contributed by atoms with Crippen LogP contribution >= 0.6 is 23.3 Å². The van der Waals surface area contributed by atoms with E-state index in [2.05, 4.69) is 21.9 Å². The Morgan fingerprint density at radius 2 is 2.16 bits per heavy atom. The summed E-state index contributed by atoms with van der Waals surface area (Å²) >= 11 is 2.38. The molecule has 0 saturated carbocycles. The highest BCUT2D eigenvalue weighted by molar-refractivity contribution is 7.99. The van der Waals surface area contributed by atoms with Gasteiger partial charge in [-0.2, -0.15) is 4.37 Å². The van der Waals surface area contributed by atoms with E-state index in [-0.39, 0.29) is 17.1 Å². The first-order chi connectivity index (χ1) is 12.0. The SMILES string of the molecule is CCCCCSc1nsc(NC(=O)NCc2ccc(C)o2)c1C(=O)O. The zero-order chi connectivity index (χ0) is 18.2. The molecule has 2 aromatic heterocycles. The third-order valence-corrected chi connectivity index (χ3v) is 5.25. The molecule has 0 bridgehead atoms. The third-order valence-electron chi connectivity index (χ3n) is 3.31. The molecule has 7 nitrogen and oxygen atoms in total. The summed E-state index contributed by atoms with van der Waals surface area (Å²) in [4.78, 5) is 23.5. The maximum Gasteiger partial charge on any atom is 0.341 e. The van der Waals surface area contributed by atoms with E-state index in [4.69, 9.17) is 4.42 Å². The van der Waals surface area contributed by atoms with Gasteiger partial charge in [0.15, 0.2) is 0 Å². The summed E-state index contributed by atoms with van der Waals surface area (Å²) in [5.41, 5.74) is 0.0514. The molecule has 0 aliphatic heterocycles. The molecule has 25 heavy (non-hydrogen) atoms. The van der Waals surface area contributed by atoms with Gasteiger partial charge >= 0.3 is 12.0 Å². The maximum absolute atomic E-state index is 12.0. The second kappa shape index (κ2) is 9.47. The van der Waals surface area contributed by atoms with E-state index < -0.39 is 12.0 Å². The van der Waals surface area contributed by atoms with Crippen molar-refractivity contribution >= 4 is 40.3 Å². The van der Waals surface area contributed by atoms with Gasteiger partial charge < -0.3 is 14.8 Å². The van der Waals surface area contributed by atoms with E-state index in [1.165, 1.54) is 11.8 Å². The van der Waals surface area contributed by atoms with Crippen LogP contribution in [0.3, 0.4) is 0 Å². The Balaban J connectivity index is 1.94. The Labute approximate surface area is 154 Å². The number of amides is 2. The van der Waals surface area contributed by atoms with Crippen molar-refractivity contribution in [1.29, 1.82) is 0 Å². The lowest BCUT2D eigenvalue weighted by atomic mass is 10.3. The number of unbranched alkanes of at least 4 members (excludes halogenated alkanes) is 2. The Hall–Kier alpha value is -2.00. The molecule has 0 aliphatic carbocycles. The third kappa shape index (κ3) is 5.79. The number of carboxylic acids is 1. The van der Waals surface area contributed by atoms with Gasteiger partial charge in [0.2, 0.25) is 0 Å². The van der Waals surface area contributed by atoms with Crippen molar-refractivity contribution in [1.82, 2.24) is 9.69 Å².